The summed E-state index contributed by atoms with van der Waals surface area (Å²) in [6.45, 7) is 2.12. The number of rotatable bonds is 3. The fourth-order valence-electron chi connectivity index (χ4n) is 4.63. The lowest BCUT2D eigenvalue weighted by Gasteiger charge is -2.08. The minimum absolute atomic E-state index is 0.753. The number of benzene rings is 5. The summed E-state index contributed by atoms with van der Waals surface area (Å²) < 4.78 is 2.36. The predicted molar refractivity (Wildman–Crippen MR) is 141 cm³/mol. The topological polar surface area (TPSA) is 4.93 Å². The molecular formula is C31H22ClN. The van der Waals surface area contributed by atoms with Gasteiger partial charge in [0.2, 0.25) is 0 Å². The molecule has 0 bridgehead atoms. The Labute approximate surface area is 198 Å². The summed E-state index contributed by atoms with van der Waals surface area (Å²) in [4.78, 5) is 0. The van der Waals surface area contributed by atoms with Gasteiger partial charge in [-0.2, -0.15) is 0 Å². The molecule has 0 radical (unpaired) electrons. The van der Waals surface area contributed by atoms with Gasteiger partial charge < -0.3 is 4.57 Å². The van der Waals surface area contributed by atoms with Gasteiger partial charge in [-0.05, 0) is 77.7 Å². The first-order valence-electron chi connectivity index (χ1n) is 11.1. The van der Waals surface area contributed by atoms with Crippen molar-refractivity contribution in [2.75, 3.05) is 0 Å². The zero-order chi connectivity index (χ0) is 22.4. The molecule has 0 N–H and O–H groups in total. The Morgan fingerprint density at radius 1 is 0.515 bits per heavy atom. The first-order chi connectivity index (χ1) is 16.2. The highest BCUT2D eigenvalue weighted by molar-refractivity contribution is 6.30. The van der Waals surface area contributed by atoms with Crippen molar-refractivity contribution in [2.45, 2.75) is 6.92 Å². The molecule has 0 aliphatic carbocycles. The molecule has 5 aromatic carbocycles. The van der Waals surface area contributed by atoms with Crippen LogP contribution in [0.5, 0.6) is 0 Å². The third-order valence-electron chi connectivity index (χ3n) is 6.34. The van der Waals surface area contributed by atoms with Gasteiger partial charge in [0.25, 0.3) is 0 Å². The second kappa shape index (κ2) is 7.95. The van der Waals surface area contributed by atoms with Crippen LogP contribution in [0.15, 0.2) is 115 Å². The molecule has 0 aliphatic rings. The molecule has 0 unspecified atom stereocenters. The average Bonchev–Trinajstić information content (AvgIpc) is 3.18. The molecule has 0 saturated heterocycles. The van der Waals surface area contributed by atoms with Crippen molar-refractivity contribution in [2.24, 2.45) is 0 Å². The third kappa shape index (κ3) is 3.51. The molecular weight excluding hydrogens is 422 g/mol. The first-order valence-corrected chi connectivity index (χ1v) is 11.5. The molecule has 6 rings (SSSR count). The van der Waals surface area contributed by atoms with E-state index in [4.69, 9.17) is 11.6 Å². The zero-order valence-corrected chi connectivity index (χ0v) is 19.1. The second-order valence-corrected chi connectivity index (χ2v) is 8.94. The molecule has 0 spiro atoms. The van der Waals surface area contributed by atoms with Gasteiger partial charge in [-0.1, -0.05) is 83.9 Å². The van der Waals surface area contributed by atoms with Crippen molar-refractivity contribution in [3.63, 3.8) is 0 Å². The maximum absolute atomic E-state index is 6.13. The van der Waals surface area contributed by atoms with Crippen molar-refractivity contribution in [3.05, 3.63) is 126 Å². The molecule has 2 heteroatoms. The van der Waals surface area contributed by atoms with Crippen LogP contribution in [0.1, 0.15) is 5.56 Å². The summed E-state index contributed by atoms with van der Waals surface area (Å²) in [5.74, 6) is 0. The number of hydrogen-bond donors (Lipinski definition) is 0. The quantitative estimate of drug-likeness (QED) is 0.257. The van der Waals surface area contributed by atoms with Gasteiger partial charge in [-0.15, -0.1) is 0 Å². The Morgan fingerprint density at radius 3 is 1.55 bits per heavy atom. The van der Waals surface area contributed by atoms with Crippen LogP contribution in [0.4, 0.5) is 0 Å². The van der Waals surface area contributed by atoms with Gasteiger partial charge in [0, 0.05) is 21.5 Å². The van der Waals surface area contributed by atoms with E-state index in [1.807, 2.05) is 12.1 Å². The molecule has 0 saturated carbocycles. The Morgan fingerprint density at radius 2 is 1.00 bits per heavy atom. The van der Waals surface area contributed by atoms with Crippen LogP contribution < -0.4 is 0 Å². The summed E-state index contributed by atoms with van der Waals surface area (Å²) in [5, 5.41) is 3.25. The van der Waals surface area contributed by atoms with Gasteiger partial charge >= 0.3 is 0 Å². The lowest BCUT2D eigenvalue weighted by Crippen LogP contribution is -1.93. The van der Waals surface area contributed by atoms with Crippen LogP contribution in [0, 0.1) is 6.92 Å². The van der Waals surface area contributed by atoms with Crippen LogP contribution in [-0.4, -0.2) is 4.57 Å². The molecule has 33 heavy (non-hydrogen) atoms. The molecule has 1 heterocycles. The lowest BCUT2D eigenvalue weighted by atomic mass is 10.00. The summed E-state index contributed by atoms with van der Waals surface area (Å²) in [6.07, 6.45) is 0. The van der Waals surface area contributed by atoms with Crippen LogP contribution >= 0.6 is 11.6 Å². The van der Waals surface area contributed by atoms with E-state index in [-0.39, 0.29) is 0 Å². The second-order valence-electron chi connectivity index (χ2n) is 8.51. The van der Waals surface area contributed by atoms with E-state index in [0.717, 1.165) is 10.6 Å². The van der Waals surface area contributed by atoms with Gasteiger partial charge in [0.05, 0.1) is 11.0 Å². The normalized spacial score (nSPS) is 11.3. The SMILES string of the molecule is Cc1ccc(-c2ccc3c(c2)c2cc(-c4ccc(Cl)cc4)ccc2n3-c2ccccc2)cc1. The third-order valence-corrected chi connectivity index (χ3v) is 6.59. The van der Waals surface area contributed by atoms with E-state index in [9.17, 15) is 0 Å². The van der Waals surface area contributed by atoms with Gasteiger partial charge in [0.1, 0.15) is 0 Å². The first kappa shape index (κ1) is 19.8. The largest absolute Gasteiger partial charge is 0.309 e. The van der Waals surface area contributed by atoms with Crippen molar-refractivity contribution >= 4 is 33.4 Å². The fraction of sp³-hybridized carbons (Fsp3) is 0.0323. The van der Waals surface area contributed by atoms with Crippen molar-refractivity contribution < 1.29 is 0 Å². The van der Waals surface area contributed by atoms with Crippen LogP contribution in [0.3, 0.4) is 0 Å². The van der Waals surface area contributed by atoms with E-state index in [0.29, 0.717) is 0 Å². The highest BCUT2D eigenvalue weighted by Crippen LogP contribution is 2.37. The molecule has 0 fully saturated rings. The van der Waals surface area contributed by atoms with Gasteiger partial charge in [-0.25, -0.2) is 0 Å². The predicted octanol–water partition coefficient (Wildman–Crippen LogP) is 9.08. The summed E-state index contributed by atoms with van der Waals surface area (Å²) >= 11 is 6.13. The van der Waals surface area contributed by atoms with E-state index in [1.54, 1.807) is 0 Å². The minimum atomic E-state index is 0.753. The van der Waals surface area contributed by atoms with Crippen molar-refractivity contribution in [1.82, 2.24) is 4.57 Å². The zero-order valence-electron chi connectivity index (χ0n) is 18.3. The Hall–Kier alpha value is -3.81. The number of para-hydroxylation sites is 1. The minimum Gasteiger partial charge on any atom is -0.309 e. The number of fused-ring (bicyclic) bond motifs is 3. The van der Waals surface area contributed by atoms with Crippen LogP contribution in [-0.2, 0) is 0 Å². The van der Waals surface area contributed by atoms with Gasteiger partial charge in [-0.3, -0.25) is 0 Å². The highest BCUT2D eigenvalue weighted by Gasteiger charge is 2.14. The molecule has 6 aromatic rings. The van der Waals surface area contributed by atoms with Crippen LogP contribution in [0.2, 0.25) is 5.02 Å². The number of hydrogen-bond acceptors (Lipinski definition) is 0. The number of aromatic nitrogens is 1. The summed E-state index contributed by atoms with van der Waals surface area (Å²) in [5.41, 5.74) is 9.66. The molecule has 158 valence electrons. The molecule has 0 atom stereocenters. The van der Waals surface area contributed by atoms with E-state index in [2.05, 4.69) is 115 Å². The number of nitrogens with zero attached hydrogens (tertiary/aromatic N) is 1. The van der Waals surface area contributed by atoms with E-state index >= 15 is 0 Å². The van der Waals surface area contributed by atoms with Crippen molar-refractivity contribution in [1.29, 1.82) is 0 Å². The smallest absolute Gasteiger partial charge is 0.0541 e. The Bertz CT molecular complexity index is 1490. The maximum atomic E-state index is 6.13. The van der Waals surface area contributed by atoms with E-state index < -0.39 is 0 Å². The number of aryl methyl sites for hydroxylation is 1. The monoisotopic (exact) mass is 443 g/mol. The van der Waals surface area contributed by atoms with Crippen molar-refractivity contribution in [3.8, 4) is 27.9 Å². The summed E-state index contributed by atoms with van der Waals surface area (Å²) in [7, 11) is 0. The molecule has 1 nitrogen and oxygen atoms in total. The van der Waals surface area contributed by atoms with E-state index in [1.165, 1.54) is 49.7 Å². The fourth-order valence-corrected chi connectivity index (χ4v) is 4.75. The van der Waals surface area contributed by atoms with Crippen LogP contribution in [0.25, 0.3) is 49.7 Å². The average molecular weight is 444 g/mol. The molecule has 0 aliphatic heterocycles. The van der Waals surface area contributed by atoms with Gasteiger partial charge in [0.15, 0.2) is 0 Å². The summed E-state index contributed by atoms with van der Waals surface area (Å²) in [6, 6.07) is 40.9. The Kier molecular flexibility index (Phi) is 4.78. The lowest BCUT2D eigenvalue weighted by molar-refractivity contribution is 1.18. The maximum Gasteiger partial charge on any atom is 0.0541 e. The standard InChI is InChI=1S/C31H22ClN/c1-21-7-9-22(10-8-21)24-13-17-30-28(19-24)29-20-25(23-11-15-26(32)16-12-23)14-18-31(29)33(30)27-5-3-2-4-6-27/h2-20H,1H3. The molecule has 1 aromatic heterocycles. The Balaban J connectivity index is 1.64. The molecule has 0 amide bonds. The number of halogens is 1. The highest BCUT2D eigenvalue weighted by atomic mass is 35.5.